The lowest BCUT2D eigenvalue weighted by atomic mass is 9.85. The van der Waals surface area contributed by atoms with E-state index in [1.54, 1.807) is 37.3 Å². The Labute approximate surface area is 217 Å². The number of aryl methyl sites for hydroxylation is 1. The molecule has 5 nitrogen and oxygen atoms in total. The second-order valence-electron chi connectivity index (χ2n) is 10.1. The first-order valence-electron chi connectivity index (χ1n) is 11.8. The second kappa shape index (κ2) is 9.47. The Kier molecular flexibility index (Phi) is 6.72. The predicted octanol–water partition coefficient (Wildman–Crippen LogP) is 6.89. The third kappa shape index (κ3) is 4.40. The number of benzene rings is 3. The van der Waals surface area contributed by atoms with E-state index in [0.29, 0.717) is 33.1 Å². The number of hydrogen-bond donors (Lipinski definition) is 1. The van der Waals surface area contributed by atoms with Crippen LogP contribution in [0, 0.1) is 13.8 Å². The van der Waals surface area contributed by atoms with Gasteiger partial charge in [0.25, 0.3) is 11.7 Å². The molecule has 1 fully saturated rings. The molecule has 6 heteroatoms. The molecule has 1 atom stereocenters. The molecule has 1 saturated heterocycles. The molecule has 0 aliphatic carbocycles. The number of rotatable bonds is 4. The van der Waals surface area contributed by atoms with E-state index < -0.39 is 17.7 Å². The van der Waals surface area contributed by atoms with Crippen molar-refractivity contribution in [3.8, 4) is 5.75 Å². The summed E-state index contributed by atoms with van der Waals surface area (Å²) in [4.78, 5) is 28.4. The van der Waals surface area contributed by atoms with Gasteiger partial charge in [-0.2, -0.15) is 0 Å². The Balaban J connectivity index is 2.00. The van der Waals surface area contributed by atoms with Crippen LogP contribution in [0.3, 0.4) is 0 Å². The van der Waals surface area contributed by atoms with Gasteiger partial charge < -0.3 is 9.84 Å². The summed E-state index contributed by atoms with van der Waals surface area (Å²) < 4.78 is 5.46. The summed E-state index contributed by atoms with van der Waals surface area (Å²) in [6.45, 7) is 10.0. The first-order chi connectivity index (χ1) is 17.0. The fraction of sp³-hybridized carbons (Fsp3) is 0.267. The number of carbonyl (C=O) groups excluding carboxylic acids is 2. The summed E-state index contributed by atoms with van der Waals surface area (Å²) in [5.41, 5.74) is 4.18. The monoisotopic (exact) mass is 503 g/mol. The van der Waals surface area contributed by atoms with Crippen LogP contribution in [0.25, 0.3) is 5.76 Å². The zero-order chi connectivity index (χ0) is 26.4. The van der Waals surface area contributed by atoms with Crippen molar-refractivity contribution in [2.75, 3.05) is 12.0 Å². The summed E-state index contributed by atoms with van der Waals surface area (Å²) in [5.74, 6) is -1.36. The molecule has 1 N–H and O–H groups in total. The number of ether oxygens (including phenoxy) is 1. The highest BCUT2D eigenvalue weighted by atomic mass is 35.5. The number of ketones is 1. The standard InChI is InChI=1S/C30H30ClNO4/c1-17-10-15-24(36-6)21(16-17)27(33)25-26(19-11-13-20(14-12-19)30(3,4)5)32(29(35)28(25)34)23-9-7-8-22(31)18(23)2/h7-16,26,33H,1-6H3/b27-25+. The maximum Gasteiger partial charge on any atom is 0.300 e. The first-order valence-corrected chi connectivity index (χ1v) is 12.1. The van der Waals surface area contributed by atoms with E-state index in [-0.39, 0.29) is 16.7 Å². The maximum absolute atomic E-state index is 13.5. The van der Waals surface area contributed by atoms with E-state index in [1.807, 2.05) is 37.3 Å². The molecule has 0 radical (unpaired) electrons. The Morgan fingerprint density at radius 3 is 2.28 bits per heavy atom. The van der Waals surface area contributed by atoms with Gasteiger partial charge in [0.05, 0.1) is 24.3 Å². The number of carbonyl (C=O) groups is 2. The van der Waals surface area contributed by atoms with Crippen molar-refractivity contribution in [1.82, 2.24) is 0 Å². The molecule has 3 aromatic rings. The average molecular weight is 504 g/mol. The molecular weight excluding hydrogens is 474 g/mol. The van der Waals surface area contributed by atoms with Crippen LogP contribution in [-0.4, -0.2) is 23.9 Å². The quantitative estimate of drug-likeness (QED) is 0.239. The van der Waals surface area contributed by atoms with E-state index in [1.165, 1.54) is 12.0 Å². The van der Waals surface area contributed by atoms with E-state index >= 15 is 0 Å². The first kappa shape index (κ1) is 25.5. The lowest BCUT2D eigenvalue weighted by molar-refractivity contribution is -0.132. The molecule has 1 heterocycles. The molecule has 0 saturated carbocycles. The number of aliphatic hydroxyl groups is 1. The summed E-state index contributed by atoms with van der Waals surface area (Å²) in [5, 5.41) is 12.0. The smallest absolute Gasteiger partial charge is 0.300 e. The van der Waals surface area contributed by atoms with Crippen molar-refractivity contribution in [3.05, 3.63) is 99.1 Å². The lowest BCUT2D eigenvalue weighted by Crippen LogP contribution is -2.30. The fourth-order valence-electron chi connectivity index (χ4n) is 4.57. The summed E-state index contributed by atoms with van der Waals surface area (Å²) in [6.07, 6.45) is 0. The van der Waals surface area contributed by atoms with Crippen molar-refractivity contribution < 1.29 is 19.4 Å². The van der Waals surface area contributed by atoms with Gasteiger partial charge in [0.15, 0.2) is 0 Å². The predicted molar refractivity (Wildman–Crippen MR) is 144 cm³/mol. The van der Waals surface area contributed by atoms with Crippen LogP contribution in [-0.2, 0) is 15.0 Å². The Hall–Kier alpha value is -3.57. The van der Waals surface area contributed by atoms with Gasteiger partial charge in [-0.3, -0.25) is 14.5 Å². The normalized spacial score (nSPS) is 17.5. The van der Waals surface area contributed by atoms with Crippen LogP contribution < -0.4 is 9.64 Å². The molecule has 1 aliphatic rings. The highest BCUT2D eigenvalue weighted by Gasteiger charge is 2.47. The van der Waals surface area contributed by atoms with Gasteiger partial charge in [0.2, 0.25) is 0 Å². The number of halogens is 1. The van der Waals surface area contributed by atoms with Gasteiger partial charge in [0.1, 0.15) is 11.5 Å². The van der Waals surface area contributed by atoms with Gasteiger partial charge in [0, 0.05) is 10.7 Å². The third-order valence-electron chi connectivity index (χ3n) is 6.65. The largest absolute Gasteiger partial charge is 0.507 e. The van der Waals surface area contributed by atoms with Crippen molar-refractivity contribution in [3.63, 3.8) is 0 Å². The molecule has 1 amide bonds. The molecule has 0 aromatic heterocycles. The van der Waals surface area contributed by atoms with Crippen LogP contribution >= 0.6 is 11.6 Å². The Morgan fingerprint density at radius 1 is 1.00 bits per heavy atom. The van der Waals surface area contributed by atoms with E-state index in [4.69, 9.17) is 16.3 Å². The minimum absolute atomic E-state index is 0.00628. The minimum Gasteiger partial charge on any atom is -0.507 e. The molecule has 1 aliphatic heterocycles. The van der Waals surface area contributed by atoms with E-state index in [9.17, 15) is 14.7 Å². The van der Waals surface area contributed by atoms with Crippen LogP contribution in [0.2, 0.25) is 5.02 Å². The molecule has 36 heavy (non-hydrogen) atoms. The number of aliphatic hydroxyl groups excluding tert-OH is 1. The van der Waals surface area contributed by atoms with Crippen LogP contribution in [0.5, 0.6) is 5.75 Å². The third-order valence-corrected chi connectivity index (χ3v) is 7.06. The zero-order valence-electron chi connectivity index (χ0n) is 21.3. The highest BCUT2D eigenvalue weighted by Crippen LogP contribution is 2.45. The summed E-state index contributed by atoms with van der Waals surface area (Å²) in [6, 6.07) is 17.5. The molecule has 3 aromatic carbocycles. The van der Waals surface area contributed by atoms with Gasteiger partial charge in [-0.1, -0.05) is 74.3 Å². The summed E-state index contributed by atoms with van der Waals surface area (Å²) >= 11 is 6.39. The van der Waals surface area contributed by atoms with Gasteiger partial charge in [-0.15, -0.1) is 0 Å². The number of Topliss-reactive ketones (excluding diaryl/α,β-unsaturated/α-hetero) is 1. The average Bonchev–Trinajstić information content (AvgIpc) is 3.10. The van der Waals surface area contributed by atoms with E-state index in [2.05, 4.69) is 20.8 Å². The highest BCUT2D eigenvalue weighted by molar-refractivity contribution is 6.52. The van der Waals surface area contributed by atoms with Gasteiger partial charge >= 0.3 is 0 Å². The number of methoxy groups -OCH3 is 1. The van der Waals surface area contributed by atoms with Crippen molar-refractivity contribution in [2.24, 2.45) is 0 Å². The molecular formula is C30H30ClNO4. The number of nitrogens with zero attached hydrogens (tertiary/aromatic N) is 1. The number of hydrogen-bond acceptors (Lipinski definition) is 4. The molecule has 4 rings (SSSR count). The van der Waals surface area contributed by atoms with Crippen molar-refractivity contribution in [2.45, 2.75) is 46.1 Å². The number of anilines is 1. The SMILES string of the molecule is COc1ccc(C)cc1/C(O)=C1\C(=O)C(=O)N(c2cccc(Cl)c2C)C1c1ccc(C(C)(C)C)cc1. The Morgan fingerprint density at radius 2 is 1.67 bits per heavy atom. The van der Waals surface area contributed by atoms with Gasteiger partial charge in [-0.05, 0) is 60.2 Å². The molecule has 1 unspecified atom stereocenters. The fourth-order valence-corrected chi connectivity index (χ4v) is 4.74. The summed E-state index contributed by atoms with van der Waals surface area (Å²) in [7, 11) is 1.50. The molecule has 0 bridgehead atoms. The lowest BCUT2D eigenvalue weighted by Gasteiger charge is -2.28. The van der Waals surface area contributed by atoms with Crippen LogP contribution in [0.4, 0.5) is 5.69 Å². The number of amides is 1. The van der Waals surface area contributed by atoms with Crippen molar-refractivity contribution >= 4 is 34.7 Å². The molecule has 186 valence electrons. The molecule has 0 spiro atoms. The Bertz CT molecular complexity index is 1380. The van der Waals surface area contributed by atoms with Gasteiger partial charge in [-0.25, -0.2) is 0 Å². The minimum atomic E-state index is -0.846. The zero-order valence-corrected chi connectivity index (χ0v) is 22.1. The van der Waals surface area contributed by atoms with Crippen LogP contribution in [0.15, 0.2) is 66.2 Å². The van der Waals surface area contributed by atoms with E-state index in [0.717, 1.165) is 11.1 Å². The maximum atomic E-state index is 13.5. The van der Waals surface area contributed by atoms with Crippen molar-refractivity contribution in [1.29, 1.82) is 0 Å². The topological polar surface area (TPSA) is 66.8 Å². The van der Waals surface area contributed by atoms with Crippen LogP contribution in [0.1, 0.15) is 54.6 Å². The second-order valence-corrected chi connectivity index (χ2v) is 10.5.